The van der Waals surface area contributed by atoms with Crippen LogP contribution in [0.25, 0.3) is 0 Å². The molecule has 0 amide bonds. The smallest absolute Gasteiger partial charge is 0.131 e. The Kier molecular flexibility index (Phi) is 4.45. The number of aryl methyl sites for hydroxylation is 2. The molecule has 2 aromatic rings. The minimum atomic E-state index is 0.506. The molecule has 0 saturated heterocycles. The van der Waals surface area contributed by atoms with Crippen LogP contribution < -0.4 is 4.74 Å². The molecule has 0 unspecified atom stereocenters. The van der Waals surface area contributed by atoms with E-state index in [1.54, 1.807) is 0 Å². The Morgan fingerprint density at radius 3 is 2.44 bits per heavy atom. The number of nitrogens with zero attached hydrogens (tertiary/aromatic N) is 2. The topological polar surface area (TPSA) is 27.1 Å². The van der Waals surface area contributed by atoms with Gasteiger partial charge < -0.3 is 4.74 Å². The van der Waals surface area contributed by atoms with E-state index in [1.165, 1.54) is 0 Å². The van der Waals surface area contributed by atoms with Crippen molar-refractivity contribution in [3.05, 3.63) is 44.6 Å². The zero-order valence-electron chi connectivity index (χ0n) is 10.3. The molecule has 0 aliphatic heterocycles. The fourth-order valence-electron chi connectivity index (χ4n) is 1.66. The number of hydrogen-bond donors (Lipinski definition) is 0. The lowest BCUT2D eigenvalue weighted by molar-refractivity contribution is 0.294. The minimum absolute atomic E-state index is 0.506. The van der Waals surface area contributed by atoms with Gasteiger partial charge in [0.15, 0.2) is 0 Å². The molecule has 1 aromatic heterocycles. The van der Waals surface area contributed by atoms with Gasteiger partial charge in [0.2, 0.25) is 0 Å². The average molecular weight is 374 g/mol. The number of hydrogen-bond acceptors (Lipinski definition) is 2. The van der Waals surface area contributed by atoms with Crippen LogP contribution in [0.15, 0.2) is 33.2 Å². The lowest BCUT2D eigenvalue weighted by atomic mass is 10.3. The lowest BCUT2D eigenvalue weighted by Crippen LogP contribution is -2.03. The first-order valence-corrected chi connectivity index (χ1v) is 7.29. The highest BCUT2D eigenvalue weighted by Crippen LogP contribution is 2.23. The Hall–Kier alpha value is -0.810. The maximum Gasteiger partial charge on any atom is 0.131 e. The second kappa shape index (κ2) is 5.89. The van der Waals surface area contributed by atoms with Gasteiger partial charge in [0.25, 0.3) is 0 Å². The SMILES string of the molecule is CCc1nn(C)c(COc2ccc(Br)cc2)c1Br. The molecule has 0 radical (unpaired) electrons. The lowest BCUT2D eigenvalue weighted by Gasteiger charge is -2.07. The van der Waals surface area contributed by atoms with Crippen molar-refractivity contribution in [3.63, 3.8) is 0 Å². The molecule has 18 heavy (non-hydrogen) atoms. The number of ether oxygens (including phenoxy) is 1. The molecule has 1 aromatic carbocycles. The second-order valence-corrected chi connectivity index (χ2v) is 5.64. The molecule has 3 nitrogen and oxygen atoms in total. The van der Waals surface area contributed by atoms with E-state index in [0.717, 1.165) is 32.5 Å². The summed E-state index contributed by atoms with van der Waals surface area (Å²) in [5, 5.41) is 4.44. The summed E-state index contributed by atoms with van der Waals surface area (Å²) in [6, 6.07) is 7.81. The van der Waals surface area contributed by atoms with Crippen molar-refractivity contribution < 1.29 is 4.74 Å². The monoisotopic (exact) mass is 372 g/mol. The number of benzene rings is 1. The van der Waals surface area contributed by atoms with Crippen molar-refractivity contribution in [1.29, 1.82) is 0 Å². The molecule has 0 N–H and O–H groups in total. The van der Waals surface area contributed by atoms with Crippen LogP contribution in [-0.2, 0) is 20.1 Å². The van der Waals surface area contributed by atoms with Crippen LogP contribution in [0.5, 0.6) is 5.75 Å². The third-order valence-electron chi connectivity index (χ3n) is 2.69. The van der Waals surface area contributed by atoms with Gasteiger partial charge in [0.1, 0.15) is 12.4 Å². The minimum Gasteiger partial charge on any atom is -0.487 e. The summed E-state index contributed by atoms with van der Waals surface area (Å²) in [7, 11) is 1.93. The van der Waals surface area contributed by atoms with Crippen molar-refractivity contribution >= 4 is 31.9 Å². The first-order valence-electron chi connectivity index (χ1n) is 5.70. The summed E-state index contributed by atoms with van der Waals surface area (Å²) in [4.78, 5) is 0. The molecule has 0 fully saturated rings. The summed E-state index contributed by atoms with van der Waals surface area (Å²) < 4.78 is 9.71. The first-order chi connectivity index (χ1) is 8.61. The van der Waals surface area contributed by atoms with E-state index in [4.69, 9.17) is 4.74 Å². The van der Waals surface area contributed by atoms with Crippen molar-refractivity contribution in [2.75, 3.05) is 0 Å². The molecule has 0 saturated carbocycles. The Bertz CT molecular complexity index is 535. The van der Waals surface area contributed by atoms with Crippen LogP contribution in [-0.4, -0.2) is 9.78 Å². The van der Waals surface area contributed by atoms with Crippen LogP contribution >= 0.6 is 31.9 Å². The third-order valence-corrected chi connectivity index (χ3v) is 4.14. The Labute approximate surface area is 123 Å². The summed E-state index contributed by atoms with van der Waals surface area (Å²) in [5.41, 5.74) is 2.11. The molecular formula is C13H14Br2N2O. The standard InChI is InChI=1S/C13H14Br2N2O/c1-3-11-13(15)12(17(2)16-11)8-18-10-6-4-9(14)5-7-10/h4-7H,3,8H2,1-2H3. The average Bonchev–Trinajstić information content (AvgIpc) is 2.64. The van der Waals surface area contributed by atoms with E-state index >= 15 is 0 Å². The van der Waals surface area contributed by atoms with Crippen LogP contribution in [0.3, 0.4) is 0 Å². The summed E-state index contributed by atoms with van der Waals surface area (Å²) in [6.07, 6.45) is 0.909. The van der Waals surface area contributed by atoms with Gasteiger partial charge >= 0.3 is 0 Å². The summed E-state index contributed by atoms with van der Waals surface area (Å²) in [5.74, 6) is 0.851. The van der Waals surface area contributed by atoms with E-state index in [0.29, 0.717) is 6.61 Å². The van der Waals surface area contributed by atoms with Crippen molar-refractivity contribution in [3.8, 4) is 5.75 Å². The fraction of sp³-hybridized carbons (Fsp3) is 0.308. The van der Waals surface area contributed by atoms with E-state index in [1.807, 2.05) is 36.0 Å². The predicted molar refractivity (Wildman–Crippen MR) is 78.8 cm³/mol. The van der Waals surface area contributed by atoms with Gasteiger partial charge in [-0.25, -0.2) is 0 Å². The Morgan fingerprint density at radius 2 is 1.89 bits per heavy atom. The highest BCUT2D eigenvalue weighted by molar-refractivity contribution is 9.10. The largest absolute Gasteiger partial charge is 0.487 e. The number of aromatic nitrogens is 2. The van der Waals surface area contributed by atoms with Gasteiger partial charge in [0, 0.05) is 11.5 Å². The zero-order valence-corrected chi connectivity index (χ0v) is 13.5. The van der Waals surface area contributed by atoms with E-state index in [9.17, 15) is 0 Å². The van der Waals surface area contributed by atoms with Gasteiger partial charge in [-0.3, -0.25) is 4.68 Å². The van der Waals surface area contributed by atoms with Crippen LogP contribution in [0.2, 0.25) is 0 Å². The highest BCUT2D eigenvalue weighted by atomic mass is 79.9. The van der Waals surface area contributed by atoms with Gasteiger partial charge in [-0.05, 0) is 46.6 Å². The summed E-state index contributed by atoms with van der Waals surface area (Å²) in [6.45, 7) is 2.60. The summed E-state index contributed by atoms with van der Waals surface area (Å²) >= 11 is 6.98. The Morgan fingerprint density at radius 1 is 1.22 bits per heavy atom. The van der Waals surface area contributed by atoms with Gasteiger partial charge in [-0.2, -0.15) is 5.10 Å². The van der Waals surface area contributed by atoms with E-state index in [2.05, 4.69) is 43.9 Å². The molecule has 0 spiro atoms. The zero-order chi connectivity index (χ0) is 13.1. The molecule has 1 heterocycles. The molecule has 0 bridgehead atoms. The van der Waals surface area contributed by atoms with Crippen LogP contribution in [0, 0.1) is 0 Å². The maximum absolute atomic E-state index is 5.75. The van der Waals surface area contributed by atoms with Crippen molar-refractivity contribution in [1.82, 2.24) is 9.78 Å². The number of halogens is 2. The second-order valence-electron chi connectivity index (χ2n) is 3.93. The molecule has 0 aliphatic rings. The van der Waals surface area contributed by atoms with Crippen molar-refractivity contribution in [2.45, 2.75) is 20.0 Å². The quantitative estimate of drug-likeness (QED) is 0.807. The third kappa shape index (κ3) is 2.95. The molecule has 0 aliphatic carbocycles. The Balaban J connectivity index is 2.10. The van der Waals surface area contributed by atoms with Gasteiger partial charge in [-0.15, -0.1) is 0 Å². The van der Waals surface area contributed by atoms with Crippen LogP contribution in [0.4, 0.5) is 0 Å². The van der Waals surface area contributed by atoms with Gasteiger partial charge in [-0.1, -0.05) is 22.9 Å². The molecular weight excluding hydrogens is 360 g/mol. The molecule has 0 atom stereocenters. The maximum atomic E-state index is 5.75. The molecule has 2 rings (SSSR count). The van der Waals surface area contributed by atoms with Crippen LogP contribution in [0.1, 0.15) is 18.3 Å². The van der Waals surface area contributed by atoms with E-state index in [-0.39, 0.29) is 0 Å². The first kappa shape index (κ1) is 13.6. The molecule has 96 valence electrons. The molecule has 5 heteroatoms. The predicted octanol–water partition coefficient (Wildman–Crippen LogP) is 4.09. The fourth-order valence-corrected chi connectivity index (χ4v) is 2.65. The highest BCUT2D eigenvalue weighted by Gasteiger charge is 2.12. The van der Waals surface area contributed by atoms with E-state index < -0.39 is 0 Å². The van der Waals surface area contributed by atoms with Crippen molar-refractivity contribution in [2.24, 2.45) is 7.05 Å². The van der Waals surface area contributed by atoms with Gasteiger partial charge in [0.05, 0.1) is 15.9 Å². The number of rotatable bonds is 4. The normalized spacial score (nSPS) is 10.7.